The summed E-state index contributed by atoms with van der Waals surface area (Å²) in [5.74, 6) is 0.400. The van der Waals surface area contributed by atoms with Gasteiger partial charge in [-0.1, -0.05) is 5.16 Å². The summed E-state index contributed by atoms with van der Waals surface area (Å²) in [5, 5.41) is 3.92. The van der Waals surface area contributed by atoms with Crippen LogP contribution in [0.1, 0.15) is 5.69 Å². The average molecular weight is 349 g/mol. The maximum Gasteiger partial charge on any atom is 0.258 e. The van der Waals surface area contributed by atoms with Gasteiger partial charge in [0, 0.05) is 28.3 Å². The van der Waals surface area contributed by atoms with E-state index >= 15 is 0 Å². The summed E-state index contributed by atoms with van der Waals surface area (Å²) >= 11 is 3.28. The first-order chi connectivity index (χ1) is 10.2. The molecule has 3 rings (SSSR count). The highest BCUT2D eigenvalue weighted by Gasteiger charge is 2.13. The molecular formula is C14H10BrFN4O. The first-order valence-electron chi connectivity index (χ1n) is 6.12. The van der Waals surface area contributed by atoms with Crippen molar-refractivity contribution in [1.29, 1.82) is 0 Å². The molecule has 0 amide bonds. The van der Waals surface area contributed by atoms with Crippen LogP contribution in [0, 0.1) is 5.82 Å². The molecule has 2 N–H and O–H groups in total. The summed E-state index contributed by atoms with van der Waals surface area (Å²) in [6.45, 7) is 0.332. The van der Waals surface area contributed by atoms with E-state index in [1.54, 1.807) is 24.4 Å². The van der Waals surface area contributed by atoms with Crippen molar-refractivity contribution in [3.05, 3.63) is 52.5 Å². The standard InChI is InChI=1S/C14H10BrFN4O/c15-12-6-9(16)1-2-11(12)13-19-14(21-20-13)8-3-4-18-10(5-8)7-17/h1-6H,7,17H2. The largest absolute Gasteiger partial charge is 0.334 e. The Kier molecular flexibility index (Phi) is 3.76. The van der Waals surface area contributed by atoms with Crippen LogP contribution in [0.15, 0.2) is 45.5 Å². The Hall–Kier alpha value is -2.12. The van der Waals surface area contributed by atoms with Gasteiger partial charge in [-0.15, -0.1) is 0 Å². The van der Waals surface area contributed by atoms with Gasteiger partial charge in [-0.3, -0.25) is 4.98 Å². The summed E-state index contributed by atoms with van der Waals surface area (Å²) in [6, 6.07) is 7.83. The van der Waals surface area contributed by atoms with Crippen molar-refractivity contribution < 1.29 is 8.91 Å². The van der Waals surface area contributed by atoms with E-state index in [9.17, 15) is 4.39 Å². The maximum absolute atomic E-state index is 13.1. The molecule has 0 bridgehead atoms. The number of nitrogens with zero attached hydrogens (tertiary/aromatic N) is 3. The van der Waals surface area contributed by atoms with Crippen LogP contribution in [-0.4, -0.2) is 15.1 Å². The molecule has 2 aromatic heterocycles. The summed E-state index contributed by atoms with van der Waals surface area (Å²) in [7, 11) is 0. The number of aromatic nitrogens is 3. The number of rotatable bonds is 3. The SMILES string of the molecule is NCc1cc(-c2nc(-c3ccc(F)cc3Br)no2)ccn1. The van der Waals surface area contributed by atoms with Crippen LogP contribution >= 0.6 is 15.9 Å². The number of halogens is 2. The van der Waals surface area contributed by atoms with Crippen molar-refractivity contribution in [2.24, 2.45) is 5.73 Å². The van der Waals surface area contributed by atoms with Gasteiger partial charge in [0.05, 0.1) is 5.69 Å². The molecule has 7 heteroatoms. The normalized spacial score (nSPS) is 10.8. The number of hydrogen-bond donors (Lipinski definition) is 1. The molecule has 1 aromatic carbocycles. The molecule has 2 heterocycles. The maximum atomic E-state index is 13.1. The molecule has 0 aliphatic rings. The Morgan fingerprint density at radius 2 is 2.10 bits per heavy atom. The molecule has 3 aromatic rings. The van der Waals surface area contributed by atoms with Gasteiger partial charge in [-0.2, -0.15) is 4.98 Å². The van der Waals surface area contributed by atoms with Gasteiger partial charge >= 0.3 is 0 Å². The molecular weight excluding hydrogens is 339 g/mol. The Morgan fingerprint density at radius 1 is 1.24 bits per heavy atom. The van der Waals surface area contributed by atoms with Gasteiger partial charge in [0.1, 0.15) is 5.82 Å². The van der Waals surface area contributed by atoms with Crippen LogP contribution in [0.3, 0.4) is 0 Å². The lowest BCUT2D eigenvalue weighted by Crippen LogP contribution is -1.98. The van der Waals surface area contributed by atoms with Crippen LogP contribution in [0.25, 0.3) is 22.8 Å². The fourth-order valence-electron chi connectivity index (χ4n) is 1.84. The Balaban J connectivity index is 1.99. The van der Waals surface area contributed by atoms with Crippen LogP contribution in [0.4, 0.5) is 4.39 Å². The lowest BCUT2D eigenvalue weighted by Gasteiger charge is -1.98. The summed E-state index contributed by atoms with van der Waals surface area (Å²) in [6.07, 6.45) is 1.63. The topological polar surface area (TPSA) is 77.8 Å². The van der Waals surface area contributed by atoms with E-state index in [-0.39, 0.29) is 5.82 Å². The first-order valence-corrected chi connectivity index (χ1v) is 6.91. The van der Waals surface area contributed by atoms with E-state index in [1.165, 1.54) is 12.1 Å². The highest BCUT2D eigenvalue weighted by atomic mass is 79.9. The molecule has 106 valence electrons. The molecule has 21 heavy (non-hydrogen) atoms. The third-order valence-corrected chi connectivity index (χ3v) is 3.53. The average Bonchev–Trinajstić information content (AvgIpc) is 2.97. The van der Waals surface area contributed by atoms with Crippen molar-refractivity contribution in [2.45, 2.75) is 6.54 Å². The quantitative estimate of drug-likeness (QED) is 0.786. The van der Waals surface area contributed by atoms with Gasteiger partial charge in [0.2, 0.25) is 5.82 Å². The summed E-state index contributed by atoms with van der Waals surface area (Å²) in [4.78, 5) is 8.43. The van der Waals surface area contributed by atoms with E-state index in [1.807, 2.05) is 0 Å². The van der Waals surface area contributed by atoms with Gasteiger partial charge in [-0.05, 0) is 46.3 Å². The predicted octanol–water partition coefficient (Wildman–Crippen LogP) is 3.16. The van der Waals surface area contributed by atoms with Crippen molar-refractivity contribution >= 4 is 15.9 Å². The van der Waals surface area contributed by atoms with Gasteiger partial charge < -0.3 is 10.3 Å². The second kappa shape index (κ2) is 5.71. The van der Waals surface area contributed by atoms with Crippen molar-refractivity contribution in [1.82, 2.24) is 15.1 Å². The lowest BCUT2D eigenvalue weighted by molar-refractivity contribution is 0.432. The Labute approximate surface area is 128 Å². The van der Waals surface area contributed by atoms with Crippen LogP contribution < -0.4 is 5.73 Å². The zero-order valence-corrected chi connectivity index (χ0v) is 12.3. The Morgan fingerprint density at radius 3 is 2.86 bits per heavy atom. The molecule has 0 aliphatic heterocycles. The Bertz CT molecular complexity index is 790. The molecule has 0 saturated heterocycles. The minimum Gasteiger partial charge on any atom is -0.334 e. The minimum absolute atomic E-state index is 0.332. The van der Waals surface area contributed by atoms with Crippen molar-refractivity contribution in [2.75, 3.05) is 0 Å². The number of nitrogens with two attached hydrogens (primary N) is 1. The number of benzene rings is 1. The van der Waals surface area contributed by atoms with Gasteiger partial charge in [0.15, 0.2) is 0 Å². The van der Waals surface area contributed by atoms with E-state index in [0.29, 0.717) is 28.3 Å². The third-order valence-electron chi connectivity index (χ3n) is 2.87. The minimum atomic E-state index is -0.337. The zero-order valence-electron chi connectivity index (χ0n) is 10.8. The fourth-order valence-corrected chi connectivity index (χ4v) is 2.37. The van der Waals surface area contributed by atoms with Crippen LogP contribution in [0.5, 0.6) is 0 Å². The molecule has 5 nitrogen and oxygen atoms in total. The van der Waals surface area contributed by atoms with E-state index < -0.39 is 0 Å². The second-order valence-corrected chi connectivity index (χ2v) is 5.14. The molecule has 0 atom stereocenters. The van der Waals surface area contributed by atoms with Crippen LogP contribution in [-0.2, 0) is 6.54 Å². The van der Waals surface area contributed by atoms with Gasteiger partial charge in [-0.25, -0.2) is 4.39 Å². The van der Waals surface area contributed by atoms with Crippen molar-refractivity contribution in [3.63, 3.8) is 0 Å². The fraction of sp³-hybridized carbons (Fsp3) is 0.0714. The zero-order chi connectivity index (χ0) is 14.8. The molecule has 0 aliphatic carbocycles. The third kappa shape index (κ3) is 2.84. The smallest absolute Gasteiger partial charge is 0.258 e. The summed E-state index contributed by atoms with van der Waals surface area (Å²) < 4.78 is 18.9. The second-order valence-electron chi connectivity index (χ2n) is 4.29. The molecule has 0 unspecified atom stereocenters. The van der Waals surface area contributed by atoms with E-state index in [2.05, 4.69) is 31.1 Å². The van der Waals surface area contributed by atoms with Crippen LogP contribution in [0.2, 0.25) is 0 Å². The molecule has 0 spiro atoms. The highest BCUT2D eigenvalue weighted by Crippen LogP contribution is 2.28. The number of hydrogen-bond acceptors (Lipinski definition) is 5. The monoisotopic (exact) mass is 348 g/mol. The number of pyridine rings is 1. The highest BCUT2D eigenvalue weighted by molar-refractivity contribution is 9.10. The summed E-state index contributed by atoms with van der Waals surface area (Å²) in [5.41, 5.74) is 7.68. The predicted molar refractivity (Wildman–Crippen MR) is 78.5 cm³/mol. The van der Waals surface area contributed by atoms with E-state index in [4.69, 9.17) is 10.3 Å². The van der Waals surface area contributed by atoms with Gasteiger partial charge in [0.25, 0.3) is 5.89 Å². The van der Waals surface area contributed by atoms with E-state index in [0.717, 1.165) is 11.3 Å². The molecule has 0 radical (unpaired) electrons. The first kappa shape index (κ1) is 13.8. The molecule has 0 saturated carbocycles. The lowest BCUT2D eigenvalue weighted by atomic mass is 10.2. The molecule has 0 fully saturated rings. The van der Waals surface area contributed by atoms with Crippen molar-refractivity contribution in [3.8, 4) is 22.8 Å².